The zero-order chi connectivity index (χ0) is 23.6. The van der Waals surface area contributed by atoms with Gasteiger partial charge in [-0.05, 0) is 19.8 Å². The molecule has 3 nitrogen and oxygen atoms in total. The lowest BCUT2D eigenvalue weighted by molar-refractivity contribution is -0.918. The number of nitrogens with zero attached hydrogens (tertiary/aromatic N) is 1. The number of carbonyl (C=O) groups is 1. The Bertz CT molecular complexity index is 429. The fourth-order valence-corrected chi connectivity index (χ4v) is 4.92. The van der Waals surface area contributed by atoms with Crippen molar-refractivity contribution in [3.63, 3.8) is 0 Å². The van der Waals surface area contributed by atoms with Crippen LogP contribution in [0, 0.1) is 5.92 Å². The van der Waals surface area contributed by atoms with E-state index in [1.165, 1.54) is 96.3 Å². The van der Waals surface area contributed by atoms with Crippen molar-refractivity contribution in [1.82, 2.24) is 0 Å². The predicted octanol–water partition coefficient (Wildman–Crippen LogP) is 7.27. The van der Waals surface area contributed by atoms with Crippen molar-refractivity contribution in [2.24, 2.45) is 5.92 Å². The fraction of sp³-hybridized carbons (Fsp3) is 0.964. The molecule has 0 saturated carbocycles. The van der Waals surface area contributed by atoms with E-state index in [9.17, 15) is 9.90 Å². The molecule has 0 aliphatic rings. The third-order valence-corrected chi connectivity index (χ3v) is 7.66. The van der Waals surface area contributed by atoms with Crippen LogP contribution in [-0.2, 0) is 4.79 Å². The van der Waals surface area contributed by atoms with E-state index in [1.54, 1.807) is 0 Å². The number of hydrogen-bond acceptors (Lipinski definition) is 2. The highest BCUT2D eigenvalue weighted by Gasteiger charge is 2.46. The van der Waals surface area contributed by atoms with E-state index in [0.29, 0.717) is 4.48 Å². The number of hydrogen-bond donors (Lipinski definition) is 0. The topological polar surface area (TPSA) is 40.1 Å². The van der Waals surface area contributed by atoms with Crippen LogP contribution in [0.3, 0.4) is 0 Å². The van der Waals surface area contributed by atoms with E-state index < -0.39 is 11.5 Å². The Hall–Kier alpha value is -0.570. The van der Waals surface area contributed by atoms with Crippen molar-refractivity contribution in [3.8, 4) is 0 Å². The van der Waals surface area contributed by atoms with Gasteiger partial charge in [-0.1, -0.05) is 123 Å². The summed E-state index contributed by atoms with van der Waals surface area (Å²) in [5.41, 5.74) is -0.818. The molecule has 186 valence electrons. The van der Waals surface area contributed by atoms with Gasteiger partial charge in [0.25, 0.3) is 0 Å². The summed E-state index contributed by atoms with van der Waals surface area (Å²) in [5.74, 6) is -0.678. The third-order valence-electron chi connectivity index (χ3n) is 7.66. The second-order valence-electron chi connectivity index (χ2n) is 11.0. The highest BCUT2D eigenvalue weighted by Crippen LogP contribution is 2.35. The molecule has 3 heteroatoms. The molecule has 2 atom stereocenters. The second kappa shape index (κ2) is 17.9. The number of aliphatic carboxylic acids is 1. The van der Waals surface area contributed by atoms with E-state index in [-0.39, 0.29) is 5.92 Å². The van der Waals surface area contributed by atoms with Gasteiger partial charge in [0.15, 0.2) is 0 Å². The molecule has 0 heterocycles. The Morgan fingerprint density at radius 2 is 0.935 bits per heavy atom. The second-order valence-corrected chi connectivity index (χ2v) is 11.0. The van der Waals surface area contributed by atoms with Crippen LogP contribution in [0.2, 0.25) is 0 Å². The monoisotopic (exact) mass is 439 g/mol. The van der Waals surface area contributed by atoms with E-state index >= 15 is 0 Å². The highest BCUT2D eigenvalue weighted by atomic mass is 16.4. The molecule has 0 fully saturated rings. The summed E-state index contributed by atoms with van der Waals surface area (Å²) in [4.78, 5) is 12.3. The van der Waals surface area contributed by atoms with Gasteiger partial charge in [-0.3, -0.25) is 0 Å². The maximum Gasteiger partial charge on any atom is 0.139 e. The van der Waals surface area contributed by atoms with Gasteiger partial charge in [-0.25, -0.2) is 0 Å². The zero-order valence-electron chi connectivity index (χ0n) is 22.3. The minimum atomic E-state index is -0.875. The molecule has 0 spiro atoms. The minimum Gasteiger partial charge on any atom is -0.544 e. The van der Waals surface area contributed by atoms with Gasteiger partial charge < -0.3 is 14.4 Å². The van der Waals surface area contributed by atoms with E-state index in [2.05, 4.69) is 13.8 Å². The lowest BCUT2D eigenvalue weighted by Gasteiger charge is -2.49. The van der Waals surface area contributed by atoms with Crippen molar-refractivity contribution in [2.45, 2.75) is 148 Å². The van der Waals surface area contributed by atoms with Crippen LogP contribution in [-0.4, -0.2) is 37.1 Å². The lowest BCUT2D eigenvalue weighted by atomic mass is 9.76. The first kappa shape index (κ1) is 30.4. The number of quaternary nitrogens is 1. The first-order valence-corrected chi connectivity index (χ1v) is 13.7. The summed E-state index contributed by atoms with van der Waals surface area (Å²) in [6, 6.07) is 0. The molecule has 0 bridgehead atoms. The van der Waals surface area contributed by atoms with Gasteiger partial charge in [-0.2, -0.15) is 0 Å². The summed E-state index contributed by atoms with van der Waals surface area (Å²) < 4.78 is 0.439. The standard InChI is InChI=1S/C28H57NO2/c1-7-9-11-13-15-17-19-21-23-25-26(28(3,27(30)31)29(4,5)6)24-22-20-18-16-14-12-10-8-2/h26H,7-25H2,1-6H3. The number of carbonyl (C=O) groups excluding carboxylic acids is 1. The summed E-state index contributed by atoms with van der Waals surface area (Å²) >= 11 is 0. The number of unbranched alkanes of at least 4 members (excludes halogenated alkanes) is 15. The van der Waals surface area contributed by atoms with Crippen LogP contribution >= 0.6 is 0 Å². The van der Waals surface area contributed by atoms with Crippen LogP contribution in [0.4, 0.5) is 0 Å². The van der Waals surface area contributed by atoms with Gasteiger partial charge in [0.2, 0.25) is 0 Å². The van der Waals surface area contributed by atoms with Crippen LogP contribution in [0.1, 0.15) is 143 Å². The maximum absolute atomic E-state index is 12.3. The molecule has 0 aliphatic heterocycles. The average molecular weight is 440 g/mol. The van der Waals surface area contributed by atoms with Crippen molar-refractivity contribution >= 4 is 5.97 Å². The summed E-state index contributed by atoms with van der Waals surface area (Å²) in [5, 5.41) is 12.3. The van der Waals surface area contributed by atoms with Crippen molar-refractivity contribution in [3.05, 3.63) is 0 Å². The molecule has 0 aromatic carbocycles. The number of carboxylic acids is 1. The third kappa shape index (κ3) is 12.9. The predicted molar refractivity (Wildman–Crippen MR) is 134 cm³/mol. The maximum atomic E-state index is 12.3. The molecular weight excluding hydrogens is 382 g/mol. The molecule has 0 N–H and O–H groups in total. The largest absolute Gasteiger partial charge is 0.544 e. The van der Waals surface area contributed by atoms with E-state index in [4.69, 9.17) is 0 Å². The molecule has 0 aromatic rings. The first-order chi connectivity index (χ1) is 14.7. The summed E-state index contributed by atoms with van der Waals surface area (Å²) in [6.45, 7) is 6.46. The van der Waals surface area contributed by atoms with Gasteiger partial charge >= 0.3 is 0 Å². The molecule has 0 radical (unpaired) electrons. The van der Waals surface area contributed by atoms with Gasteiger partial charge in [0, 0.05) is 5.92 Å². The normalized spacial score (nSPS) is 15.0. The number of carboxylic acid groups (broad SMARTS) is 1. The molecular formula is C28H57NO2. The van der Waals surface area contributed by atoms with Crippen LogP contribution in [0.25, 0.3) is 0 Å². The zero-order valence-corrected chi connectivity index (χ0v) is 22.3. The summed E-state index contributed by atoms with van der Waals surface area (Å²) in [6.07, 6.45) is 24.2. The van der Waals surface area contributed by atoms with Crippen molar-refractivity contribution in [1.29, 1.82) is 0 Å². The number of rotatable bonds is 22. The molecule has 0 saturated heterocycles. The van der Waals surface area contributed by atoms with Crippen LogP contribution in [0.15, 0.2) is 0 Å². The molecule has 0 aromatic heterocycles. The molecule has 2 unspecified atom stereocenters. The van der Waals surface area contributed by atoms with Gasteiger partial charge in [0.1, 0.15) is 11.5 Å². The highest BCUT2D eigenvalue weighted by molar-refractivity contribution is 5.75. The Labute approximate surface area is 196 Å². The molecule has 31 heavy (non-hydrogen) atoms. The van der Waals surface area contributed by atoms with Gasteiger partial charge in [-0.15, -0.1) is 0 Å². The number of likely N-dealkylation sites (N-methyl/N-ethyl adjacent to an activating group) is 1. The van der Waals surface area contributed by atoms with E-state index in [0.717, 1.165) is 25.7 Å². The molecule has 0 aliphatic carbocycles. The Morgan fingerprint density at radius 1 is 0.645 bits per heavy atom. The first-order valence-electron chi connectivity index (χ1n) is 13.7. The SMILES string of the molecule is CCCCCCCCCCCC(CCCCCCCCCC)C(C)(C(=O)[O-])[N+](C)(C)C. The van der Waals surface area contributed by atoms with Crippen LogP contribution < -0.4 is 5.11 Å². The quantitative estimate of drug-likeness (QED) is 0.131. The van der Waals surface area contributed by atoms with Crippen molar-refractivity contribution in [2.75, 3.05) is 21.1 Å². The van der Waals surface area contributed by atoms with Crippen LogP contribution in [0.5, 0.6) is 0 Å². The smallest absolute Gasteiger partial charge is 0.139 e. The molecule has 0 rings (SSSR count). The van der Waals surface area contributed by atoms with Crippen molar-refractivity contribution < 1.29 is 14.4 Å². The van der Waals surface area contributed by atoms with E-state index in [1.807, 2.05) is 28.1 Å². The lowest BCUT2D eigenvalue weighted by Crippen LogP contribution is -2.68. The summed E-state index contributed by atoms with van der Waals surface area (Å²) in [7, 11) is 6.06. The minimum absolute atomic E-state index is 0.196. The Balaban J connectivity index is 4.50. The fourth-order valence-electron chi connectivity index (χ4n) is 4.92. The Morgan fingerprint density at radius 3 is 1.19 bits per heavy atom. The van der Waals surface area contributed by atoms with Gasteiger partial charge in [0.05, 0.1) is 21.1 Å². The Kier molecular flexibility index (Phi) is 17.6. The molecule has 0 amide bonds. The average Bonchev–Trinajstić information content (AvgIpc) is 2.71.